The molecule has 1 aromatic carbocycles. The number of hydrogen-bond donors (Lipinski definition) is 2. The van der Waals surface area contributed by atoms with Crippen LogP contribution >= 0.6 is 0 Å². The van der Waals surface area contributed by atoms with Crippen molar-refractivity contribution >= 4 is 11.9 Å². The number of amides is 1. The molecule has 2 aliphatic rings. The fourth-order valence-electron chi connectivity index (χ4n) is 3.60. The zero-order valence-electron chi connectivity index (χ0n) is 14.3. The molecule has 1 aliphatic heterocycles. The summed E-state index contributed by atoms with van der Waals surface area (Å²) in [6, 6.07) is 8.78. The number of nitrogens with one attached hydrogen (secondary N) is 1. The van der Waals surface area contributed by atoms with Crippen molar-refractivity contribution in [1.82, 2.24) is 10.2 Å². The Kier molecular flexibility index (Phi) is 5.72. The van der Waals surface area contributed by atoms with Gasteiger partial charge in [0.15, 0.2) is 5.96 Å². The summed E-state index contributed by atoms with van der Waals surface area (Å²) in [7, 11) is 0. The minimum atomic E-state index is 0.263. The number of carbonyl (C=O) groups is 1. The Morgan fingerprint density at radius 2 is 2.00 bits per heavy atom. The molecule has 1 saturated heterocycles. The molecule has 1 heterocycles. The van der Waals surface area contributed by atoms with Crippen molar-refractivity contribution in [3.05, 3.63) is 35.4 Å². The molecule has 1 saturated carbocycles. The van der Waals surface area contributed by atoms with Crippen LogP contribution in [-0.2, 0) is 17.9 Å². The van der Waals surface area contributed by atoms with E-state index in [1.165, 1.54) is 32.1 Å². The molecule has 1 aliphatic carbocycles. The van der Waals surface area contributed by atoms with E-state index in [2.05, 4.69) is 28.5 Å². The maximum atomic E-state index is 11.7. The lowest BCUT2D eigenvalue weighted by Gasteiger charge is -2.23. The summed E-state index contributed by atoms with van der Waals surface area (Å²) < 4.78 is 0. The molecular weight excluding hydrogens is 300 g/mol. The largest absolute Gasteiger partial charge is 0.370 e. The van der Waals surface area contributed by atoms with E-state index in [0.29, 0.717) is 31.5 Å². The van der Waals surface area contributed by atoms with E-state index in [4.69, 9.17) is 5.73 Å². The number of guanidine groups is 1. The molecule has 5 nitrogen and oxygen atoms in total. The van der Waals surface area contributed by atoms with Crippen LogP contribution in [0.2, 0.25) is 0 Å². The van der Waals surface area contributed by atoms with Crippen LogP contribution in [0.15, 0.2) is 29.3 Å². The fraction of sp³-hybridized carbons (Fsp3) is 0.579. The van der Waals surface area contributed by atoms with Gasteiger partial charge in [0.1, 0.15) is 0 Å². The quantitative estimate of drug-likeness (QED) is 0.644. The van der Waals surface area contributed by atoms with E-state index >= 15 is 0 Å². The van der Waals surface area contributed by atoms with Crippen molar-refractivity contribution < 1.29 is 4.79 Å². The van der Waals surface area contributed by atoms with Crippen LogP contribution in [0.3, 0.4) is 0 Å². The van der Waals surface area contributed by atoms with Gasteiger partial charge in [-0.25, -0.2) is 4.99 Å². The van der Waals surface area contributed by atoms with Crippen molar-refractivity contribution in [2.24, 2.45) is 10.7 Å². The van der Waals surface area contributed by atoms with Crippen molar-refractivity contribution in [1.29, 1.82) is 0 Å². The standard InChI is InChI=1S/C19H28N4O/c20-19(22-17-8-2-1-3-9-17)21-13-15-6-4-7-16(12-15)14-23-11-5-10-18(23)24/h4,6-7,12,17H,1-3,5,8-11,13-14H2,(H3,20,21,22). The summed E-state index contributed by atoms with van der Waals surface area (Å²) in [5.74, 6) is 0.807. The summed E-state index contributed by atoms with van der Waals surface area (Å²) in [6.07, 6.45) is 7.94. The Bertz CT molecular complexity index is 593. The zero-order chi connectivity index (χ0) is 16.8. The van der Waals surface area contributed by atoms with E-state index in [9.17, 15) is 4.79 Å². The SMILES string of the molecule is NC(=NCc1cccc(CN2CCCC2=O)c1)NC1CCCCC1. The van der Waals surface area contributed by atoms with Gasteiger partial charge in [-0.2, -0.15) is 0 Å². The molecule has 0 radical (unpaired) electrons. The summed E-state index contributed by atoms with van der Waals surface area (Å²) in [6.45, 7) is 2.15. The Balaban J connectivity index is 1.53. The van der Waals surface area contributed by atoms with Crippen LogP contribution in [0.1, 0.15) is 56.1 Å². The molecule has 1 aromatic rings. The van der Waals surface area contributed by atoms with Gasteiger partial charge >= 0.3 is 0 Å². The van der Waals surface area contributed by atoms with E-state index in [1.807, 2.05) is 11.0 Å². The predicted octanol–water partition coefficient (Wildman–Crippen LogP) is 2.55. The monoisotopic (exact) mass is 328 g/mol. The highest BCUT2D eigenvalue weighted by molar-refractivity contribution is 5.78. The number of nitrogens with two attached hydrogens (primary N) is 1. The van der Waals surface area contributed by atoms with Crippen LogP contribution < -0.4 is 11.1 Å². The number of rotatable bonds is 5. The van der Waals surface area contributed by atoms with E-state index < -0.39 is 0 Å². The lowest BCUT2D eigenvalue weighted by molar-refractivity contribution is -0.128. The average Bonchev–Trinajstić information content (AvgIpc) is 2.99. The molecular formula is C19H28N4O. The number of benzene rings is 1. The van der Waals surface area contributed by atoms with Crippen molar-refractivity contribution in [2.45, 2.75) is 64.1 Å². The van der Waals surface area contributed by atoms with E-state index in [0.717, 1.165) is 24.1 Å². The van der Waals surface area contributed by atoms with Crippen LogP contribution in [0.5, 0.6) is 0 Å². The van der Waals surface area contributed by atoms with Crippen molar-refractivity contribution in [3.8, 4) is 0 Å². The maximum absolute atomic E-state index is 11.7. The Hall–Kier alpha value is -2.04. The average molecular weight is 328 g/mol. The van der Waals surface area contributed by atoms with Gasteiger partial charge in [0, 0.05) is 25.6 Å². The first-order valence-corrected chi connectivity index (χ1v) is 9.13. The summed E-state index contributed by atoms with van der Waals surface area (Å²) in [5.41, 5.74) is 8.32. The Morgan fingerprint density at radius 1 is 1.21 bits per heavy atom. The molecule has 24 heavy (non-hydrogen) atoms. The van der Waals surface area contributed by atoms with Gasteiger partial charge in [0.2, 0.25) is 5.91 Å². The van der Waals surface area contributed by atoms with E-state index in [-0.39, 0.29) is 5.91 Å². The van der Waals surface area contributed by atoms with Gasteiger partial charge in [-0.1, -0.05) is 43.5 Å². The lowest BCUT2D eigenvalue weighted by Crippen LogP contribution is -2.41. The Labute approximate surface area is 144 Å². The highest BCUT2D eigenvalue weighted by atomic mass is 16.2. The first kappa shape index (κ1) is 16.8. The number of carbonyl (C=O) groups excluding carboxylic acids is 1. The third-order valence-electron chi connectivity index (χ3n) is 4.93. The Morgan fingerprint density at radius 3 is 2.75 bits per heavy atom. The molecule has 1 amide bonds. The molecule has 0 unspecified atom stereocenters. The second-order valence-corrected chi connectivity index (χ2v) is 6.92. The minimum Gasteiger partial charge on any atom is -0.370 e. The summed E-state index contributed by atoms with van der Waals surface area (Å²) in [5, 5.41) is 3.34. The van der Waals surface area contributed by atoms with Crippen molar-refractivity contribution in [3.63, 3.8) is 0 Å². The molecule has 5 heteroatoms. The topological polar surface area (TPSA) is 70.7 Å². The minimum absolute atomic E-state index is 0.263. The van der Waals surface area contributed by atoms with Crippen LogP contribution in [0.4, 0.5) is 0 Å². The van der Waals surface area contributed by atoms with Crippen LogP contribution in [0.25, 0.3) is 0 Å². The highest BCUT2D eigenvalue weighted by Gasteiger charge is 2.19. The molecule has 130 valence electrons. The first-order chi connectivity index (χ1) is 11.7. The van der Waals surface area contributed by atoms with Gasteiger partial charge in [-0.05, 0) is 30.4 Å². The van der Waals surface area contributed by atoms with Crippen LogP contribution in [0, 0.1) is 0 Å². The number of likely N-dealkylation sites (tertiary alicyclic amines) is 1. The van der Waals surface area contributed by atoms with Gasteiger partial charge in [0.05, 0.1) is 6.54 Å². The third-order valence-corrected chi connectivity index (χ3v) is 4.93. The van der Waals surface area contributed by atoms with Gasteiger partial charge in [-0.3, -0.25) is 4.79 Å². The second kappa shape index (κ2) is 8.18. The normalized spacial score (nSPS) is 19.8. The predicted molar refractivity (Wildman–Crippen MR) is 96.4 cm³/mol. The number of hydrogen-bond acceptors (Lipinski definition) is 2. The van der Waals surface area contributed by atoms with Crippen molar-refractivity contribution in [2.75, 3.05) is 6.54 Å². The fourth-order valence-corrected chi connectivity index (χ4v) is 3.60. The molecule has 0 aromatic heterocycles. The smallest absolute Gasteiger partial charge is 0.222 e. The molecule has 0 spiro atoms. The third kappa shape index (κ3) is 4.73. The number of aliphatic imine (C=N–C) groups is 1. The van der Waals surface area contributed by atoms with Gasteiger partial charge < -0.3 is 16.0 Å². The first-order valence-electron chi connectivity index (χ1n) is 9.13. The zero-order valence-corrected chi connectivity index (χ0v) is 14.3. The van der Waals surface area contributed by atoms with E-state index in [1.54, 1.807) is 0 Å². The second-order valence-electron chi connectivity index (χ2n) is 6.92. The molecule has 3 N–H and O–H groups in total. The molecule has 0 bridgehead atoms. The lowest BCUT2D eigenvalue weighted by atomic mass is 9.96. The van der Waals surface area contributed by atoms with Crippen LogP contribution in [-0.4, -0.2) is 29.4 Å². The molecule has 3 rings (SSSR count). The molecule has 2 fully saturated rings. The molecule has 0 atom stereocenters. The van der Waals surface area contributed by atoms with Gasteiger partial charge in [0.25, 0.3) is 0 Å². The summed E-state index contributed by atoms with van der Waals surface area (Å²) in [4.78, 5) is 18.2. The number of nitrogens with zero attached hydrogens (tertiary/aromatic N) is 2. The maximum Gasteiger partial charge on any atom is 0.222 e. The highest BCUT2D eigenvalue weighted by Crippen LogP contribution is 2.17. The van der Waals surface area contributed by atoms with Gasteiger partial charge in [-0.15, -0.1) is 0 Å². The summed E-state index contributed by atoms with van der Waals surface area (Å²) >= 11 is 0.